The summed E-state index contributed by atoms with van der Waals surface area (Å²) in [6.07, 6.45) is 3.29. The number of fused-ring (bicyclic) bond motifs is 3. The van der Waals surface area contributed by atoms with Crippen molar-refractivity contribution in [3.8, 4) is 11.5 Å². The van der Waals surface area contributed by atoms with Crippen LogP contribution in [0.5, 0.6) is 11.5 Å². The number of ether oxygens (including phenoxy) is 2. The number of hydrogen-bond donors (Lipinski definition) is 0. The maximum atomic E-state index is 12.7. The quantitative estimate of drug-likeness (QED) is 0.576. The van der Waals surface area contributed by atoms with Crippen molar-refractivity contribution in [3.05, 3.63) is 51.2 Å². The number of hydrogen-bond acceptors (Lipinski definition) is 6. The van der Waals surface area contributed by atoms with Crippen molar-refractivity contribution < 1.29 is 13.9 Å². The van der Waals surface area contributed by atoms with E-state index < -0.39 is 0 Å². The first kappa shape index (κ1) is 13.8. The van der Waals surface area contributed by atoms with Gasteiger partial charge in [0, 0.05) is 18.2 Å². The van der Waals surface area contributed by atoms with Crippen LogP contribution in [0.3, 0.4) is 0 Å². The van der Waals surface area contributed by atoms with Crippen molar-refractivity contribution in [1.82, 2.24) is 9.38 Å². The van der Waals surface area contributed by atoms with E-state index in [9.17, 15) is 4.79 Å². The van der Waals surface area contributed by atoms with Gasteiger partial charge in [-0.3, -0.25) is 4.79 Å². The first-order chi connectivity index (χ1) is 11.2. The Bertz CT molecular complexity index is 1110. The van der Waals surface area contributed by atoms with Gasteiger partial charge in [0.1, 0.15) is 10.3 Å². The van der Waals surface area contributed by atoms with E-state index in [1.54, 1.807) is 55.2 Å². The highest BCUT2D eigenvalue weighted by molar-refractivity contribution is 7.15. The smallest absolute Gasteiger partial charge is 0.275 e. The van der Waals surface area contributed by atoms with Gasteiger partial charge in [-0.05, 0) is 12.1 Å². The molecule has 0 radical (unpaired) electrons. The molecule has 1 aromatic carbocycles. The number of nitrogens with zero attached hydrogens (tertiary/aromatic N) is 2. The van der Waals surface area contributed by atoms with E-state index in [2.05, 4.69) is 4.98 Å². The highest BCUT2D eigenvalue weighted by Crippen LogP contribution is 2.32. The van der Waals surface area contributed by atoms with E-state index in [1.807, 2.05) is 0 Å². The summed E-state index contributed by atoms with van der Waals surface area (Å²) in [6, 6.07) is 7.11. The molecule has 3 aromatic heterocycles. The number of imidazole rings is 1. The Hall–Kier alpha value is -2.80. The Morgan fingerprint density at radius 2 is 2.04 bits per heavy atom. The SMILES string of the molecule is COc1cc2nc3sc(=Cc4ccco4)c(=O)n3c2cc1OC. The first-order valence-corrected chi connectivity index (χ1v) is 7.65. The van der Waals surface area contributed by atoms with Crippen LogP contribution in [0.4, 0.5) is 0 Å². The summed E-state index contributed by atoms with van der Waals surface area (Å²) in [7, 11) is 3.13. The van der Waals surface area contributed by atoms with Crippen LogP contribution in [0.15, 0.2) is 39.7 Å². The fourth-order valence-corrected chi connectivity index (χ4v) is 3.46. The maximum absolute atomic E-state index is 12.7. The second-order valence-electron chi connectivity index (χ2n) is 4.86. The molecule has 0 spiro atoms. The Morgan fingerprint density at radius 3 is 2.74 bits per heavy atom. The topological polar surface area (TPSA) is 66.0 Å². The fourth-order valence-electron chi connectivity index (χ4n) is 2.49. The van der Waals surface area contributed by atoms with Crippen LogP contribution in [-0.2, 0) is 0 Å². The van der Waals surface area contributed by atoms with Crippen molar-refractivity contribution in [2.24, 2.45) is 0 Å². The van der Waals surface area contributed by atoms with Gasteiger partial charge in [0.2, 0.25) is 0 Å². The number of aromatic nitrogens is 2. The van der Waals surface area contributed by atoms with Gasteiger partial charge in [0.05, 0.1) is 31.5 Å². The van der Waals surface area contributed by atoms with Crippen molar-refractivity contribution in [1.29, 1.82) is 0 Å². The highest BCUT2D eigenvalue weighted by atomic mass is 32.1. The van der Waals surface area contributed by atoms with E-state index in [-0.39, 0.29) is 5.56 Å². The lowest BCUT2D eigenvalue weighted by Crippen LogP contribution is -2.22. The lowest BCUT2D eigenvalue weighted by atomic mass is 10.2. The Balaban J connectivity index is 2.03. The van der Waals surface area contributed by atoms with Crippen molar-refractivity contribution >= 4 is 33.4 Å². The molecule has 0 aliphatic heterocycles. The molecular weight excluding hydrogens is 316 g/mol. The van der Waals surface area contributed by atoms with Gasteiger partial charge in [0.15, 0.2) is 16.5 Å². The average Bonchev–Trinajstić information content (AvgIpc) is 3.25. The first-order valence-electron chi connectivity index (χ1n) is 6.83. The molecule has 6 nitrogen and oxygen atoms in total. The maximum Gasteiger partial charge on any atom is 0.275 e. The van der Waals surface area contributed by atoms with Crippen molar-refractivity contribution in [2.45, 2.75) is 0 Å². The standard InChI is InChI=1S/C16H12N2O4S/c1-20-12-7-10-11(8-13(12)21-2)18-15(19)14(23-16(18)17-10)6-9-4-3-5-22-9/h3-8H,1-2H3. The minimum Gasteiger partial charge on any atom is -0.493 e. The van der Waals surface area contributed by atoms with Gasteiger partial charge in [-0.25, -0.2) is 9.38 Å². The third-order valence-electron chi connectivity index (χ3n) is 3.56. The van der Waals surface area contributed by atoms with Crippen LogP contribution >= 0.6 is 11.3 Å². The molecule has 0 aliphatic carbocycles. The minimum atomic E-state index is -0.129. The third kappa shape index (κ3) is 2.08. The van der Waals surface area contributed by atoms with Gasteiger partial charge in [-0.1, -0.05) is 11.3 Å². The predicted molar refractivity (Wildman–Crippen MR) is 87.4 cm³/mol. The average molecular weight is 328 g/mol. The van der Waals surface area contributed by atoms with Gasteiger partial charge in [-0.2, -0.15) is 0 Å². The van der Waals surface area contributed by atoms with E-state index in [4.69, 9.17) is 13.9 Å². The van der Waals surface area contributed by atoms with Gasteiger partial charge in [-0.15, -0.1) is 0 Å². The Labute approximate surface area is 134 Å². The summed E-state index contributed by atoms with van der Waals surface area (Å²) in [6.45, 7) is 0. The number of furan rings is 1. The molecule has 116 valence electrons. The molecule has 0 bridgehead atoms. The summed E-state index contributed by atoms with van der Waals surface area (Å²) in [4.78, 5) is 17.8. The van der Waals surface area contributed by atoms with Crippen LogP contribution in [0.1, 0.15) is 5.76 Å². The van der Waals surface area contributed by atoms with Gasteiger partial charge < -0.3 is 13.9 Å². The Morgan fingerprint density at radius 1 is 1.26 bits per heavy atom. The van der Waals surface area contributed by atoms with Crippen LogP contribution in [-0.4, -0.2) is 23.6 Å². The number of thiazole rings is 1. The lowest BCUT2D eigenvalue weighted by Gasteiger charge is -2.06. The van der Waals surface area contributed by atoms with Crippen LogP contribution in [0, 0.1) is 0 Å². The Kier molecular flexibility index (Phi) is 3.09. The normalized spacial score (nSPS) is 12.3. The monoisotopic (exact) mass is 328 g/mol. The number of methoxy groups -OCH3 is 2. The van der Waals surface area contributed by atoms with Crippen molar-refractivity contribution in [3.63, 3.8) is 0 Å². The minimum absolute atomic E-state index is 0.129. The molecule has 7 heteroatoms. The van der Waals surface area contributed by atoms with Gasteiger partial charge >= 0.3 is 0 Å². The van der Waals surface area contributed by atoms with E-state index in [0.29, 0.717) is 37.8 Å². The molecule has 3 heterocycles. The lowest BCUT2D eigenvalue weighted by molar-refractivity contribution is 0.355. The largest absolute Gasteiger partial charge is 0.493 e. The molecule has 23 heavy (non-hydrogen) atoms. The highest BCUT2D eigenvalue weighted by Gasteiger charge is 2.15. The molecule has 0 saturated heterocycles. The second kappa shape index (κ2) is 5.13. The molecule has 0 amide bonds. The third-order valence-corrected chi connectivity index (χ3v) is 4.53. The molecular formula is C16H12N2O4S. The predicted octanol–water partition coefficient (Wildman–Crippen LogP) is 2.07. The summed E-state index contributed by atoms with van der Waals surface area (Å²) < 4.78 is 18.0. The fraction of sp³-hybridized carbons (Fsp3) is 0.125. The zero-order valence-electron chi connectivity index (χ0n) is 12.4. The summed E-state index contributed by atoms with van der Waals surface area (Å²) in [5, 5.41) is 0. The number of rotatable bonds is 3. The molecule has 4 aromatic rings. The van der Waals surface area contributed by atoms with E-state index >= 15 is 0 Å². The van der Waals surface area contributed by atoms with Crippen molar-refractivity contribution in [2.75, 3.05) is 14.2 Å². The van der Waals surface area contributed by atoms with Gasteiger partial charge in [0.25, 0.3) is 5.56 Å². The van der Waals surface area contributed by atoms with E-state index in [0.717, 1.165) is 0 Å². The second-order valence-corrected chi connectivity index (χ2v) is 5.87. The molecule has 0 N–H and O–H groups in total. The molecule has 4 rings (SSSR count). The molecule has 0 aliphatic rings. The molecule has 0 atom stereocenters. The summed E-state index contributed by atoms with van der Waals surface area (Å²) in [5.41, 5.74) is 1.25. The van der Waals surface area contributed by atoms with Crippen LogP contribution in [0.2, 0.25) is 0 Å². The van der Waals surface area contributed by atoms with Crippen LogP contribution in [0.25, 0.3) is 22.1 Å². The molecule has 0 saturated carbocycles. The molecule has 0 unspecified atom stereocenters. The molecule has 0 fully saturated rings. The van der Waals surface area contributed by atoms with Crippen LogP contribution < -0.4 is 19.6 Å². The zero-order valence-corrected chi connectivity index (χ0v) is 13.2. The van der Waals surface area contributed by atoms with E-state index in [1.165, 1.54) is 11.3 Å². The summed E-state index contributed by atoms with van der Waals surface area (Å²) in [5.74, 6) is 1.78. The summed E-state index contributed by atoms with van der Waals surface area (Å²) >= 11 is 1.32. The zero-order chi connectivity index (χ0) is 16.0. The number of benzene rings is 1.